The molecule has 3 aromatic rings. The van der Waals surface area contributed by atoms with E-state index in [0.717, 1.165) is 16.4 Å². The molecule has 200 valence electrons. The Morgan fingerprint density at radius 2 is 1.61 bits per heavy atom. The van der Waals surface area contributed by atoms with Crippen molar-refractivity contribution in [1.82, 2.24) is 10.2 Å². The second-order valence-corrected chi connectivity index (χ2v) is 10.6. The van der Waals surface area contributed by atoms with Gasteiger partial charge in [-0.15, -0.1) is 0 Å². The van der Waals surface area contributed by atoms with E-state index in [2.05, 4.69) is 5.32 Å². The SMILES string of the molecule is CC[C@H](C(=O)NC)N(Cc1ccc(Cl)cc1)C(=O)CN(c1ccc([N+](=O)[O-])cc1)S(=O)(=O)c1ccccc1. The number of nitro benzene ring substituents is 1. The average Bonchev–Trinajstić information content (AvgIpc) is 2.92. The minimum absolute atomic E-state index is 0.0292. The van der Waals surface area contributed by atoms with Gasteiger partial charge in [-0.25, -0.2) is 8.42 Å². The first-order valence-corrected chi connectivity index (χ1v) is 13.5. The number of hydrogen-bond acceptors (Lipinski definition) is 6. The quantitative estimate of drug-likeness (QED) is 0.280. The van der Waals surface area contributed by atoms with Crippen molar-refractivity contribution in [3.05, 3.63) is 99.6 Å². The van der Waals surface area contributed by atoms with Crippen molar-refractivity contribution in [1.29, 1.82) is 0 Å². The Morgan fingerprint density at radius 1 is 1.00 bits per heavy atom. The number of carbonyl (C=O) groups excluding carboxylic acids is 2. The lowest BCUT2D eigenvalue weighted by atomic mass is 10.1. The maximum Gasteiger partial charge on any atom is 0.269 e. The first-order chi connectivity index (χ1) is 18.1. The molecular weight excluding hydrogens is 532 g/mol. The van der Waals surface area contributed by atoms with Crippen molar-refractivity contribution < 1.29 is 22.9 Å². The summed E-state index contributed by atoms with van der Waals surface area (Å²) in [5.41, 5.74) is 0.525. The second kappa shape index (κ2) is 12.5. The standard InChI is InChI=1S/C26H27ClN4O6S/c1-3-24(26(33)28-2)29(17-19-9-11-20(27)12-10-19)25(32)18-30(21-13-15-22(16-14-21)31(34)35)38(36,37)23-7-5-4-6-8-23/h4-16,24H,3,17-18H2,1-2H3,(H,28,33)/t24-/m1/s1. The number of benzene rings is 3. The number of non-ortho nitro benzene ring substituents is 1. The number of nitro groups is 1. The molecule has 0 heterocycles. The highest BCUT2D eigenvalue weighted by atomic mass is 35.5. The average molecular weight is 559 g/mol. The number of nitrogens with zero attached hydrogens (tertiary/aromatic N) is 3. The van der Waals surface area contributed by atoms with Crippen LogP contribution in [-0.4, -0.2) is 49.7 Å². The topological polar surface area (TPSA) is 130 Å². The highest BCUT2D eigenvalue weighted by Gasteiger charge is 2.33. The summed E-state index contributed by atoms with van der Waals surface area (Å²) in [7, 11) is -2.80. The van der Waals surface area contributed by atoms with Gasteiger partial charge in [0.2, 0.25) is 11.8 Å². The molecule has 0 saturated carbocycles. The molecule has 38 heavy (non-hydrogen) atoms. The number of halogens is 1. The highest BCUT2D eigenvalue weighted by Crippen LogP contribution is 2.27. The fourth-order valence-electron chi connectivity index (χ4n) is 3.86. The highest BCUT2D eigenvalue weighted by molar-refractivity contribution is 7.92. The molecule has 1 N–H and O–H groups in total. The molecule has 0 fully saturated rings. The van der Waals surface area contributed by atoms with E-state index < -0.39 is 39.3 Å². The van der Waals surface area contributed by atoms with Gasteiger partial charge in [0.05, 0.1) is 15.5 Å². The van der Waals surface area contributed by atoms with Gasteiger partial charge in [-0.2, -0.15) is 0 Å². The van der Waals surface area contributed by atoms with Crippen LogP contribution in [0.2, 0.25) is 5.02 Å². The lowest BCUT2D eigenvalue weighted by molar-refractivity contribution is -0.384. The molecule has 12 heteroatoms. The summed E-state index contributed by atoms with van der Waals surface area (Å²) in [5, 5.41) is 14.2. The van der Waals surface area contributed by atoms with E-state index in [-0.39, 0.29) is 29.2 Å². The summed E-state index contributed by atoms with van der Waals surface area (Å²) in [6, 6.07) is 18.3. The van der Waals surface area contributed by atoms with E-state index in [1.165, 1.54) is 36.2 Å². The van der Waals surface area contributed by atoms with Crippen LogP contribution in [0, 0.1) is 10.1 Å². The molecule has 2 amide bonds. The fourth-order valence-corrected chi connectivity index (χ4v) is 5.42. The monoisotopic (exact) mass is 558 g/mol. The van der Waals surface area contributed by atoms with Gasteiger partial charge in [-0.3, -0.25) is 24.0 Å². The maximum atomic E-state index is 13.8. The molecule has 1 atom stereocenters. The number of nitrogens with one attached hydrogen (secondary N) is 1. The molecule has 10 nitrogen and oxygen atoms in total. The van der Waals surface area contributed by atoms with Crippen molar-refractivity contribution in [3.63, 3.8) is 0 Å². The van der Waals surface area contributed by atoms with Crippen molar-refractivity contribution in [3.8, 4) is 0 Å². The summed E-state index contributed by atoms with van der Waals surface area (Å²) >= 11 is 5.99. The number of anilines is 1. The Labute approximate surface area is 226 Å². The first kappa shape index (κ1) is 28.6. The maximum absolute atomic E-state index is 13.8. The van der Waals surface area contributed by atoms with Crippen LogP contribution < -0.4 is 9.62 Å². The molecule has 0 bridgehead atoms. The smallest absolute Gasteiger partial charge is 0.269 e. The summed E-state index contributed by atoms with van der Waals surface area (Å²) in [6.45, 7) is 1.13. The molecule has 0 saturated heterocycles. The summed E-state index contributed by atoms with van der Waals surface area (Å²) in [4.78, 5) is 38.2. The molecule has 0 aliphatic rings. The number of carbonyl (C=O) groups is 2. The van der Waals surface area contributed by atoms with Gasteiger partial charge in [0.15, 0.2) is 0 Å². The van der Waals surface area contributed by atoms with Gasteiger partial charge in [-0.1, -0.05) is 48.9 Å². The Hall–Kier alpha value is -3.96. The Balaban J connectivity index is 2.06. The summed E-state index contributed by atoms with van der Waals surface area (Å²) in [5.74, 6) is -1.03. The lowest BCUT2D eigenvalue weighted by Crippen LogP contribution is -2.51. The number of likely N-dealkylation sites (N-methyl/N-ethyl adjacent to an activating group) is 1. The molecule has 3 rings (SSSR count). The van der Waals surface area contributed by atoms with Crippen LogP contribution in [0.3, 0.4) is 0 Å². The van der Waals surface area contributed by atoms with Crippen LogP contribution in [0.1, 0.15) is 18.9 Å². The summed E-state index contributed by atoms with van der Waals surface area (Å²) in [6.07, 6.45) is 0.280. The van der Waals surface area contributed by atoms with E-state index in [9.17, 15) is 28.1 Å². The van der Waals surface area contributed by atoms with Crippen LogP contribution in [-0.2, 0) is 26.2 Å². The van der Waals surface area contributed by atoms with Gasteiger partial charge < -0.3 is 10.2 Å². The van der Waals surface area contributed by atoms with Gasteiger partial charge in [0.1, 0.15) is 12.6 Å². The Morgan fingerprint density at radius 3 is 2.13 bits per heavy atom. The second-order valence-electron chi connectivity index (χ2n) is 8.28. The zero-order chi connectivity index (χ0) is 27.9. The van der Waals surface area contributed by atoms with E-state index in [4.69, 9.17) is 11.6 Å². The zero-order valence-corrected chi connectivity index (χ0v) is 22.4. The van der Waals surface area contributed by atoms with Gasteiger partial charge in [-0.05, 0) is 48.4 Å². The third-order valence-electron chi connectivity index (χ3n) is 5.86. The van der Waals surface area contributed by atoms with Crippen LogP contribution in [0.15, 0.2) is 83.8 Å². The van der Waals surface area contributed by atoms with Crippen molar-refractivity contribution in [2.75, 3.05) is 17.9 Å². The van der Waals surface area contributed by atoms with Gasteiger partial charge in [0, 0.05) is 30.7 Å². The Kier molecular flexibility index (Phi) is 9.43. The predicted octanol–water partition coefficient (Wildman–Crippen LogP) is 4.00. The van der Waals surface area contributed by atoms with Crippen LogP contribution >= 0.6 is 11.6 Å². The van der Waals surface area contributed by atoms with Crippen molar-refractivity contribution in [2.24, 2.45) is 0 Å². The molecule has 3 aromatic carbocycles. The number of amides is 2. The normalized spacial score (nSPS) is 11.9. The third kappa shape index (κ3) is 6.67. The number of hydrogen-bond donors (Lipinski definition) is 1. The zero-order valence-electron chi connectivity index (χ0n) is 20.8. The molecular formula is C26H27ClN4O6S. The van der Waals surface area contributed by atoms with Crippen LogP contribution in [0.5, 0.6) is 0 Å². The number of rotatable bonds is 11. The molecule has 0 unspecified atom stereocenters. The first-order valence-electron chi connectivity index (χ1n) is 11.7. The molecule has 0 aliphatic carbocycles. The van der Waals surface area contributed by atoms with E-state index in [1.807, 2.05) is 0 Å². The minimum Gasteiger partial charge on any atom is -0.357 e. The van der Waals surface area contributed by atoms with Crippen LogP contribution in [0.25, 0.3) is 0 Å². The third-order valence-corrected chi connectivity index (χ3v) is 7.90. The van der Waals surface area contributed by atoms with E-state index in [1.54, 1.807) is 49.4 Å². The molecule has 0 aromatic heterocycles. The van der Waals surface area contributed by atoms with Crippen LogP contribution in [0.4, 0.5) is 11.4 Å². The van der Waals surface area contributed by atoms with Crippen molar-refractivity contribution in [2.45, 2.75) is 30.8 Å². The van der Waals surface area contributed by atoms with E-state index >= 15 is 0 Å². The van der Waals surface area contributed by atoms with E-state index in [0.29, 0.717) is 10.6 Å². The predicted molar refractivity (Wildman–Crippen MR) is 144 cm³/mol. The van der Waals surface area contributed by atoms with Gasteiger partial charge >= 0.3 is 0 Å². The Bertz CT molecular complexity index is 1380. The summed E-state index contributed by atoms with van der Waals surface area (Å²) < 4.78 is 28.2. The largest absolute Gasteiger partial charge is 0.357 e. The van der Waals surface area contributed by atoms with Crippen molar-refractivity contribution >= 4 is 44.8 Å². The molecule has 0 aliphatic heterocycles. The molecule has 0 spiro atoms. The fraction of sp³-hybridized carbons (Fsp3) is 0.231. The number of sulfonamides is 1. The van der Waals surface area contributed by atoms with Gasteiger partial charge in [0.25, 0.3) is 15.7 Å². The molecule has 0 radical (unpaired) electrons. The lowest BCUT2D eigenvalue weighted by Gasteiger charge is -2.33. The minimum atomic E-state index is -4.25.